The molecular formula is C39H29Cl3N6O12S4. The Labute approximate surface area is 393 Å². The Morgan fingerprint density at radius 1 is 0.562 bits per heavy atom. The number of nitro benzene ring substituents is 2. The van der Waals surface area contributed by atoms with Crippen LogP contribution in [-0.2, 0) is 18.0 Å². The Morgan fingerprint density at radius 2 is 0.953 bits per heavy atom. The topological polar surface area (TPSA) is 262 Å². The van der Waals surface area contributed by atoms with Crippen LogP contribution in [0.3, 0.4) is 0 Å². The maximum Gasteiger partial charge on any atom is 0.338 e. The lowest BCUT2D eigenvalue weighted by atomic mass is 10.2. The van der Waals surface area contributed by atoms with Gasteiger partial charge in [0, 0.05) is 64.1 Å². The van der Waals surface area contributed by atoms with Crippen molar-refractivity contribution in [3.63, 3.8) is 0 Å². The standard InChI is InChI=1S/C19H13N3O6S2.C12H10N2O3S2.C7H4ClNO3.CH2Cl2/c23-19(14-5-7-15(8-6-14)21(24)25)28-12-13-3-9-16(10-4-13)29-30-18-17(22(26)27)2-1-11-20-18;15-8-9-3-5-10(6-4-9)18-19-12-11(14(16)17)2-1-7-13-12;8-7(10)5-1-3-6(4-2-5)9(11)12;2-1-3/h1-11H,12H2;1-7,15H,8H2;1-4H;1H2. The molecule has 4 aromatic carbocycles. The Kier molecular flexibility index (Phi) is 23.0. The summed E-state index contributed by atoms with van der Waals surface area (Å²) >= 11 is 14.7. The minimum Gasteiger partial charge on any atom is -0.457 e. The number of hydrogen-bond donors (Lipinski definition) is 1. The summed E-state index contributed by atoms with van der Waals surface area (Å²) in [6.07, 6.45) is 3.03. The van der Waals surface area contributed by atoms with Gasteiger partial charge in [-0.15, -0.1) is 23.2 Å². The smallest absolute Gasteiger partial charge is 0.338 e. The van der Waals surface area contributed by atoms with E-state index in [1.165, 1.54) is 122 Å². The van der Waals surface area contributed by atoms with E-state index in [0.717, 1.165) is 20.9 Å². The number of carbonyl (C=O) groups excluding carboxylic acids is 2. The van der Waals surface area contributed by atoms with Crippen LogP contribution in [0.1, 0.15) is 31.8 Å². The zero-order chi connectivity index (χ0) is 47.0. The zero-order valence-electron chi connectivity index (χ0n) is 32.2. The van der Waals surface area contributed by atoms with Crippen LogP contribution in [-0.4, -0.2) is 51.3 Å². The third-order valence-corrected chi connectivity index (χ3v) is 12.2. The van der Waals surface area contributed by atoms with Crippen LogP contribution in [0.5, 0.6) is 0 Å². The molecular weight excluding hydrogens is 979 g/mol. The molecule has 0 amide bonds. The van der Waals surface area contributed by atoms with Gasteiger partial charge in [0.05, 0.1) is 37.2 Å². The minimum absolute atomic E-state index is 0.00377. The van der Waals surface area contributed by atoms with Gasteiger partial charge in [-0.2, -0.15) is 0 Å². The predicted octanol–water partition coefficient (Wildman–Crippen LogP) is 11.7. The molecule has 0 spiro atoms. The molecule has 0 radical (unpaired) electrons. The number of ether oxygens (including phenoxy) is 1. The van der Waals surface area contributed by atoms with Crippen LogP contribution in [0.4, 0.5) is 22.7 Å². The summed E-state index contributed by atoms with van der Waals surface area (Å²) in [5, 5.41) is 51.9. The third-order valence-electron chi connectivity index (χ3n) is 7.35. The molecule has 25 heteroatoms. The Balaban J connectivity index is 0.000000272. The molecule has 18 nitrogen and oxygen atoms in total. The number of aliphatic hydroxyl groups excluding tert-OH is 1. The van der Waals surface area contributed by atoms with E-state index in [1.807, 2.05) is 36.4 Å². The van der Waals surface area contributed by atoms with E-state index < -0.39 is 30.9 Å². The molecule has 0 aliphatic carbocycles. The molecule has 1 N–H and O–H groups in total. The molecule has 332 valence electrons. The molecule has 2 heterocycles. The van der Waals surface area contributed by atoms with Gasteiger partial charge < -0.3 is 9.84 Å². The molecule has 0 aliphatic rings. The van der Waals surface area contributed by atoms with Crippen molar-refractivity contribution in [3.8, 4) is 0 Å². The van der Waals surface area contributed by atoms with Gasteiger partial charge >= 0.3 is 17.3 Å². The second-order valence-corrected chi connectivity index (χ2v) is 17.0. The number of alkyl halides is 2. The summed E-state index contributed by atoms with van der Waals surface area (Å²) in [5.74, 6) is -0.582. The van der Waals surface area contributed by atoms with Crippen molar-refractivity contribution in [1.29, 1.82) is 0 Å². The summed E-state index contributed by atoms with van der Waals surface area (Å²) in [6, 6.07) is 30.7. The molecule has 0 fully saturated rings. The average molecular weight is 1010 g/mol. The molecule has 0 unspecified atom stereocenters. The van der Waals surface area contributed by atoms with Gasteiger partial charge in [0.1, 0.15) is 6.61 Å². The van der Waals surface area contributed by atoms with Crippen LogP contribution >= 0.6 is 78.0 Å². The minimum atomic E-state index is -0.620. The molecule has 0 bridgehead atoms. The fourth-order valence-corrected chi connectivity index (χ4v) is 8.43. The van der Waals surface area contributed by atoms with Crippen LogP contribution in [0.15, 0.2) is 154 Å². The Morgan fingerprint density at radius 3 is 1.31 bits per heavy atom. The summed E-state index contributed by atoms with van der Waals surface area (Å²) in [4.78, 5) is 73.1. The molecule has 0 atom stereocenters. The first kappa shape index (κ1) is 52.5. The molecule has 0 aliphatic heterocycles. The van der Waals surface area contributed by atoms with Crippen LogP contribution < -0.4 is 0 Å². The molecule has 6 aromatic rings. The zero-order valence-corrected chi connectivity index (χ0v) is 37.7. The fraction of sp³-hybridized carbons (Fsp3) is 0.0769. The van der Waals surface area contributed by atoms with Crippen LogP contribution in [0.25, 0.3) is 0 Å². The third kappa shape index (κ3) is 18.1. The van der Waals surface area contributed by atoms with E-state index in [-0.39, 0.29) is 52.4 Å². The highest BCUT2D eigenvalue weighted by Crippen LogP contribution is 2.41. The number of halogens is 3. The lowest BCUT2D eigenvalue weighted by molar-refractivity contribution is -0.388. The number of carbonyl (C=O) groups is 2. The number of nitrogens with zero attached hydrogens (tertiary/aromatic N) is 6. The molecule has 6 rings (SSSR count). The maximum absolute atomic E-state index is 12.1. The van der Waals surface area contributed by atoms with Crippen molar-refractivity contribution >= 4 is 112 Å². The molecule has 2 aromatic heterocycles. The second kappa shape index (κ2) is 28.0. The normalized spacial score (nSPS) is 10.0. The number of pyridine rings is 2. The van der Waals surface area contributed by atoms with Crippen LogP contribution in [0, 0.1) is 40.5 Å². The second-order valence-electron chi connectivity index (χ2n) is 11.5. The number of hydrogen-bond acceptors (Lipinski definition) is 18. The first-order valence-corrected chi connectivity index (χ1v) is 23.1. The number of non-ortho nitro benzene ring substituents is 2. The number of aliphatic hydroxyl groups is 1. The van der Waals surface area contributed by atoms with Gasteiger partial charge in [-0.3, -0.25) is 45.3 Å². The molecule has 0 saturated carbocycles. The first-order chi connectivity index (χ1) is 30.7. The summed E-state index contributed by atoms with van der Waals surface area (Å²) in [7, 11) is 5.14. The van der Waals surface area contributed by atoms with Crippen molar-refractivity contribution in [1.82, 2.24) is 9.97 Å². The summed E-state index contributed by atoms with van der Waals surface area (Å²) in [6.45, 7) is 0.0451. The Bertz CT molecular complexity index is 2480. The number of rotatable bonds is 15. The van der Waals surface area contributed by atoms with Gasteiger partial charge in [-0.25, -0.2) is 14.8 Å². The van der Waals surface area contributed by atoms with E-state index in [2.05, 4.69) is 9.97 Å². The highest BCUT2D eigenvalue weighted by atomic mass is 35.5. The van der Waals surface area contributed by atoms with Crippen molar-refractivity contribution in [2.75, 3.05) is 5.34 Å². The van der Waals surface area contributed by atoms with E-state index >= 15 is 0 Å². The average Bonchev–Trinajstić information content (AvgIpc) is 3.30. The number of esters is 1. The monoisotopic (exact) mass is 1010 g/mol. The Hall–Kier alpha value is -5.85. The van der Waals surface area contributed by atoms with E-state index in [0.29, 0.717) is 10.1 Å². The van der Waals surface area contributed by atoms with Crippen molar-refractivity contribution in [2.24, 2.45) is 0 Å². The van der Waals surface area contributed by atoms with E-state index in [9.17, 15) is 50.0 Å². The lowest BCUT2D eigenvalue weighted by Gasteiger charge is -2.06. The van der Waals surface area contributed by atoms with Gasteiger partial charge in [-0.05, 0) is 105 Å². The van der Waals surface area contributed by atoms with Gasteiger partial charge in [0.2, 0.25) is 0 Å². The van der Waals surface area contributed by atoms with Crippen molar-refractivity contribution < 1.29 is 39.1 Å². The van der Waals surface area contributed by atoms with Crippen LogP contribution in [0.2, 0.25) is 0 Å². The fourth-order valence-electron chi connectivity index (χ4n) is 4.30. The van der Waals surface area contributed by atoms with Crippen molar-refractivity contribution in [3.05, 3.63) is 196 Å². The quantitative estimate of drug-likeness (QED) is 0.0250. The maximum atomic E-state index is 12.1. The SMILES string of the molecule is ClCCl.O=C(Cl)c1ccc([N+](=O)[O-])cc1.O=C(OCc1ccc(SSc2ncccc2[N+](=O)[O-])cc1)c1ccc([N+](=O)[O-])cc1.O=[N+]([O-])c1cccnc1SSc1ccc(CO)cc1. The highest BCUT2D eigenvalue weighted by Gasteiger charge is 2.17. The first-order valence-electron chi connectivity index (χ1n) is 17.3. The van der Waals surface area contributed by atoms with Crippen molar-refractivity contribution in [2.45, 2.75) is 33.1 Å². The van der Waals surface area contributed by atoms with Gasteiger partial charge in [0.15, 0.2) is 10.1 Å². The lowest BCUT2D eigenvalue weighted by Crippen LogP contribution is -2.05. The predicted molar refractivity (Wildman–Crippen MR) is 246 cm³/mol. The summed E-state index contributed by atoms with van der Waals surface area (Å²) in [5.41, 5.74) is 1.85. The van der Waals surface area contributed by atoms with E-state index in [4.69, 9.17) is 44.6 Å². The van der Waals surface area contributed by atoms with Gasteiger partial charge in [-0.1, -0.05) is 45.9 Å². The highest BCUT2D eigenvalue weighted by molar-refractivity contribution is 8.77. The number of aromatic nitrogens is 2. The largest absolute Gasteiger partial charge is 0.457 e. The number of nitro groups is 4. The molecule has 0 saturated heterocycles. The van der Waals surface area contributed by atoms with Gasteiger partial charge in [0.25, 0.3) is 16.6 Å². The molecule has 64 heavy (non-hydrogen) atoms. The summed E-state index contributed by atoms with van der Waals surface area (Å²) < 4.78 is 5.22. The number of benzene rings is 4. The van der Waals surface area contributed by atoms with E-state index in [1.54, 1.807) is 18.2 Å².